The van der Waals surface area contributed by atoms with E-state index in [-0.39, 0.29) is 24.1 Å². The van der Waals surface area contributed by atoms with E-state index in [4.69, 9.17) is 4.74 Å². The number of methoxy groups -OCH3 is 1. The van der Waals surface area contributed by atoms with Crippen molar-refractivity contribution in [1.29, 1.82) is 0 Å². The minimum Gasteiger partial charge on any atom is -0.494 e. The number of halogens is 1. The van der Waals surface area contributed by atoms with Crippen LogP contribution in [0.1, 0.15) is 22.3 Å². The maximum Gasteiger partial charge on any atom is 0.247 e. The fraction of sp³-hybridized carbons (Fsp3) is 0.214. The van der Waals surface area contributed by atoms with Crippen LogP contribution in [0.25, 0.3) is 17.3 Å². The van der Waals surface area contributed by atoms with Gasteiger partial charge in [0.1, 0.15) is 6.04 Å². The van der Waals surface area contributed by atoms with E-state index in [0.717, 1.165) is 42.0 Å². The van der Waals surface area contributed by atoms with Crippen molar-refractivity contribution in [1.82, 2.24) is 19.7 Å². The van der Waals surface area contributed by atoms with Crippen LogP contribution in [0.4, 0.5) is 4.39 Å². The van der Waals surface area contributed by atoms with Crippen LogP contribution in [0.2, 0.25) is 0 Å². The van der Waals surface area contributed by atoms with Crippen molar-refractivity contribution in [3.05, 3.63) is 162 Å². The van der Waals surface area contributed by atoms with Gasteiger partial charge in [-0.15, -0.1) is 0 Å². The lowest BCUT2D eigenvalue weighted by molar-refractivity contribution is -0.145. The summed E-state index contributed by atoms with van der Waals surface area (Å²) in [5.41, 5.74) is 5.39. The normalized spacial score (nSPS) is 14.0. The van der Waals surface area contributed by atoms with Crippen molar-refractivity contribution in [2.24, 2.45) is 0 Å². The second kappa shape index (κ2) is 16.7. The van der Waals surface area contributed by atoms with E-state index in [1.54, 1.807) is 23.2 Å². The van der Waals surface area contributed by atoms with E-state index in [2.05, 4.69) is 22.0 Å². The minimum absolute atomic E-state index is 0.0874. The SMILES string of the molecule is COc1ccc(/C=C/C(=O)N(Cc2ccc(-c3ccccn3)cc2)[C@@H](Cc2ccccc2)C(=O)N2CCN(Cc3ccccc3)CC2)cc1F. The van der Waals surface area contributed by atoms with Crippen LogP contribution in [-0.4, -0.2) is 70.8 Å². The van der Waals surface area contributed by atoms with Crippen LogP contribution in [0.3, 0.4) is 0 Å². The van der Waals surface area contributed by atoms with E-state index in [1.165, 1.54) is 30.9 Å². The molecule has 0 saturated carbocycles. The van der Waals surface area contributed by atoms with Gasteiger partial charge in [0, 0.05) is 63.5 Å². The summed E-state index contributed by atoms with van der Waals surface area (Å²) in [4.78, 5) is 39.1. The second-order valence-electron chi connectivity index (χ2n) is 12.4. The van der Waals surface area contributed by atoms with E-state index < -0.39 is 11.9 Å². The Morgan fingerprint density at radius 2 is 1.50 bits per heavy atom. The first-order valence-corrected chi connectivity index (χ1v) is 16.9. The first-order chi connectivity index (χ1) is 24.5. The van der Waals surface area contributed by atoms with E-state index in [1.807, 2.05) is 95.9 Å². The first kappa shape index (κ1) is 34.3. The van der Waals surface area contributed by atoms with Crippen LogP contribution < -0.4 is 4.74 Å². The number of aromatic nitrogens is 1. The van der Waals surface area contributed by atoms with Crippen LogP contribution in [0.5, 0.6) is 5.75 Å². The summed E-state index contributed by atoms with van der Waals surface area (Å²) < 4.78 is 19.5. The molecule has 0 N–H and O–H groups in total. The van der Waals surface area contributed by atoms with Crippen molar-refractivity contribution < 1.29 is 18.7 Å². The number of hydrogen-bond acceptors (Lipinski definition) is 5. The van der Waals surface area contributed by atoms with Crippen LogP contribution in [0, 0.1) is 5.82 Å². The molecule has 1 aromatic heterocycles. The van der Waals surface area contributed by atoms with Crippen LogP contribution >= 0.6 is 0 Å². The summed E-state index contributed by atoms with van der Waals surface area (Å²) in [5.74, 6) is -0.820. The smallest absolute Gasteiger partial charge is 0.247 e. The third-order valence-electron chi connectivity index (χ3n) is 9.01. The molecule has 1 aliphatic heterocycles. The first-order valence-electron chi connectivity index (χ1n) is 16.9. The Hall–Kier alpha value is -5.60. The number of carbonyl (C=O) groups is 2. The summed E-state index contributed by atoms with van der Waals surface area (Å²) in [6.07, 6.45) is 5.11. The van der Waals surface area contributed by atoms with Crippen molar-refractivity contribution in [2.75, 3.05) is 33.3 Å². The van der Waals surface area contributed by atoms with Gasteiger partial charge in [-0.3, -0.25) is 19.5 Å². The lowest BCUT2D eigenvalue weighted by Crippen LogP contribution is -2.56. The molecule has 1 atom stereocenters. The van der Waals surface area contributed by atoms with E-state index in [0.29, 0.717) is 25.1 Å². The molecular weight excluding hydrogens is 627 g/mol. The Kier molecular flexibility index (Phi) is 11.4. The largest absolute Gasteiger partial charge is 0.494 e. The lowest BCUT2D eigenvalue weighted by atomic mass is 10.0. The molecular formula is C42H41FN4O3. The predicted molar refractivity (Wildman–Crippen MR) is 194 cm³/mol. The number of amides is 2. The van der Waals surface area contributed by atoms with Crippen molar-refractivity contribution in [2.45, 2.75) is 25.6 Å². The molecule has 0 aliphatic carbocycles. The minimum atomic E-state index is -0.765. The summed E-state index contributed by atoms with van der Waals surface area (Å²) in [7, 11) is 1.41. The Bertz CT molecular complexity index is 1880. The zero-order valence-corrected chi connectivity index (χ0v) is 28.2. The maximum atomic E-state index is 14.5. The fourth-order valence-corrected chi connectivity index (χ4v) is 6.25. The average molecular weight is 669 g/mol. The number of piperazine rings is 1. The Labute approximate surface area is 293 Å². The Morgan fingerprint density at radius 1 is 0.820 bits per heavy atom. The third-order valence-corrected chi connectivity index (χ3v) is 9.01. The summed E-state index contributed by atoms with van der Waals surface area (Å²) in [5, 5.41) is 0. The van der Waals surface area contributed by atoms with Gasteiger partial charge in [0.2, 0.25) is 11.8 Å². The van der Waals surface area contributed by atoms with Gasteiger partial charge in [-0.05, 0) is 52.6 Å². The molecule has 8 heteroatoms. The molecule has 254 valence electrons. The van der Waals surface area contributed by atoms with E-state index in [9.17, 15) is 14.0 Å². The Morgan fingerprint density at radius 3 is 2.14 bits per heavy atom. The second-order valence-corrected chi connectivity index (χ2v) is 12.4. The average Bonchev–Trinajstić information content (AvgIpc) is 3.17. The molecule has 6 rings (SSSR count). The molecule has 2 amide bonds. The highest BCUT2D eigenvalue weighted by atomic mass is 19.1. The maximum absolute atomic E-state index is 14.5. The quantitative estimate of drug-likeness (QED) is 0.136. The number of benzene rings is 4. The number of rotatable bonds is 12. The predicted octanol–water partition coefficient (Wildman–Crippen LogP) is 6.89. The highest BCUT2D eigenvalue weighted by molar-refractivity contribution is 5.96. The number of ether oxygens (including phenoxy) is 1. The summed E-state index contributed by atoms with van der Waals surface area (Å²) in [6, 6.07) is 37.6. The molecule has 50 heavy (non-hydrogen) atoms. The van der Waals surface area contributed by atoms with Crippen LogP contribution in [0.15, 0.2) is 134 Å². The number of nitrogens with zero attached hydrogens (tertiary/aromatic N) is 4. The third kappa shape index (κ3) is 8.89. The van der Waals surface area contributed by atoms with Gasteiger partial charge in [-0.1, -0.05) is 97.1 Å². The molecule has 1 saturated heterocycles. The fourth-order valence-electron chi connectivity index (χ4n) is 6.25. The van der Waals surface area contributed by atoms with Gasteiger partial charge in [-0.2, -0.15) is 0 Å². The molecule has 2 heterocycles. The van der Waals surface area contributed by atoms with Crippen molar-refractivity contribution in [3.63, 3.8) is 0 Å². The Balaban J connectivity index is 1.28. The lowest BCUT2D eigenvalue weighted by Gasteiger charge is -2.39. The molecule has 7 nitrogen and oxygen atoms in total. The topological polar surface area (TPSA) is 66.0 Å². The highest BCUT2D eigenvalue weighted by Gasteiger charge is 2.34. The number of carbonyl (C=O) groups excluding carboxylic acids is 2. The molecule has 5 aromatic rings. The number of hydrogen-bond donors (Lipinski definition) is 0. The molecule has 0 unspecified atom stereocenters. The summed E-state index contributed by atoms with van der Waals surface area (Å²) >= 11 is 0. The molecule has 0 spiro atoms. The van der Waals surface area contributed by atoms with Gasteiger partial charge in [0.15, 0.2) is 11.6 Å². The van der Waals surface area contributed by atoms with Gasteiger partial charge in [0.25, 0.3) is 0 Å². The molecule has 0 radical (unpaired) electrons. The summed E-state index contributed by atoms with van der Waals surface area (Å²) in [6.45, 7) is 3.65. The van der Waals surface area contributed by atoms with Crippen molar-refractivity contribution >= 4 is 17.9 Å². The van der Waals surface area contributed by atoms with E-state index >= 15 is 0 Å². The molecule has 0 bridgehead atoms. The highest BCUT2D eigenvalue weighted by Crippen LogP contribution is 2.23. The standard InChI is InChI=1S/C42H41FN4O3/c1-50-40-21-17-33(28-37(40)43)18-22-41(48)47(31-35-15-19-36(20-16-35)38-14-8-9-23-44-38)39(29-32-10-4-2-5-11-32)42(49)46-26-24-45(25-27-46)30-34-12-6-3-7-13-34/h2-23,28,39H,24-27,29-31H2,1H3/b22-18+/t39-/m0/s1. The zero-order chi connectivity index (χ0) is 34.7. The van der Waals surface area contributed by atoms with Gasteiger partial charge in [-0.25, -0.2) is 4.39 Å². The van der Waals surface area contributed by atoms with Gasteiger partial charge in [0.05, 0.1) is 12.8 Å². The zero-order valence-electron chi connectivity index (χ0n) is 28.2. The molecule has 4 aromatic carbocycles. The molecule has 1 fully saturated rings. The van der Waals surface area contributed by atoms with Gasteiger partial charge >= 0.3 is 0 Å². The van der Waals surface area contributed by atoms with Crippen LogP contribution in [-0.2, 0) is 29.1 Å². The van der Waals surface area contributed by atoms with Gasteiger partial charge < -0.3 is 14.5 Å². The molecule has 1 aliphatic rings. The monoisotopic (exact) mass is 668 g/mol. The number of pyridine rings is 1. The van der Waals surface area contributed by atoms with Crippen molar-refractivity contribution in [3.8, 4) is 17.0 Å².